The SMILES string of the molecule is CCCc1cc(=O)[nH]c(SC2CCCC(C#N)(NC)C2)n1. The Hall–Kier alpha value is -1.32. The van der Waals surface area contributed by atoms with Gasteiger partial charge in [-0.3, -0.25) is 4.79 Å². The first-order chi connectivity index (χ1) is 10.1. The van der Waals surface area contributed by atoms with Crippen LogP contribution in [-0.2, 0) is 6.42 Å². The smallest absolute Gasteiger partial charge is 0.251 e. The zero-order chi connectivity index (χ0) is 15.3. The van der Waals surface area contributed by atoms with E-state index >= 15 is 0 Å². The van der Waals surface area contributed by atoms with Crippen molar-refractivity contribution >= 4 is 11.8 Å². The molecule has 2 atom stereocenters. The summed E-state index contributed by atoms with van der Waals surface area (Å²) in [5.41, 5.74) is 0.323. The number of H-pyrrole nitrogens is 1. The van der Waals surface area contributed by atoms with E-state index in [0.29, 0.717) is 10.4 Å². The molecule has 0 aromatic carbocycles. The summed E-state index contributed by atoms with van der Waals surface area (Å²) < 4.78 is 0. The molecule has 0 amide bonds. The van der Waals surface area contributed by atoms with Crippen LogP contribution in [0, 0.1) is 11.3 Å². The second kappa shape index (κ2) is 7.10. The van der Waals surface area contributed by atoms with E-state index in [9.17, 15) is 10.1 Å². The van der Waals surface area contributed by atoms with Crippen molar-refractivity contribution in [3.05, 3.63) is 22.1 Å². The maximum absolute atomic E-state index is 11.7. The van der Waals surface area contributed by atoms with Gasteiger partial charge in [0, 0.05) is 17.0 Å². The van der Waals surface area contributed by atoms with Gasteiger partial charge in [0.25, 0.3) is 5.56 Å². The molecule has 1 aliphatic carbocycles. The molecule has 2 N–H and O–H groups in total. The summed E-state index contributed by atoms with van der Waals surface area (Å²) in [6.07, 6.45) is 5.54. The topological polar surface area (TPSA) is 81.6 Å². The predicted molar refractivity (Wildman–Crippen MR) is 84.4 cm³/mol. The Labute approximate surface area is 129 Å². The molecule has 0 bridgehead atoms. The molecule has 1 heterocycles. The molecule has 0 radical (unpaired) electrons. The highest BCUT2D eigenvalue weighted by molar-refractivity contribution is 7.99. The number of thioether (sulfide) groups is 1. The number of aromatic amines is 1. The van der Waals surface area contributed by atoms with Crippen LogP contribution in [0.4, 0.5) is 0 Å². The van der Waals surface area contributed by atoms with Crippen molar-refractivity contribution < 1.29 is 0 Å². The van der Waals surface area contributed by atoms with Gasteiger partial charge in [-0.05, 0) is 39.2 Å². The first kappa shape index (κ1) is 16.1. The number of nitrogens with zero attached hydrogens (tertiary/aromatic N) is 2. The van der Waals surface area contributed by atoms with E-state index in [0.717, 1.165) is 44.2 Å². The Balaban J connectivity index is 2.11. The molecule has 0 aliphatic heterocycles. The minimum absolute atomic E-state index is 0.0908. The highest BCUT2D eigenvalue weighted by Gasteiger charge is 2.35. The van der Waals surface area contributed by atoms with Crippen molar-refractivity contribution in [3.8, 4) is 6.07 Å². The molecule has 0 spiro atoms. The van der Waals surface area contributed by atoms with Crippen molar-refractivity contribution in [1.82, 2.24) is 15.3 Å². The summed E-state index contributed by atoms with van der Waals surface area (Å²) in [4.78, 5) is 19.0. The second-order valence-electron chi connectivity index (χ2n) is 5.57. The van der Waals surface area contributed by atoms with Gasteiger partial charge in [0.1, 0.15) is 5.54 Å². The average molecular weight is 306 g/mol. The zero-order valence-electron chi connectivity index (χ0n) is 12.6. The number of aryl methyl sites for hydroxylation is 1. The van der Waals surface area contributed by atoms with Crippen molar-refractivity contribution in [2.24, 2.45) is 0 Å². The molecule has 5 nitrogen and oxygen atoms in total. The molecule has 1 saturated carbocycles. The van der Waals surface area contributed by atoms with Crippen LogP contribution >= 0.6 is 11.8 Å². The molecule has 2 unspecified atom stereocenters. The van der Waals surface area contributed by atoms with Gasteiger partial charge in [-0.2, -0.15) is 5.26 Å². The molecule has 2 rings (SSSR count). The van der Waals surface area contributed by atoms with Gasteiger partial charge in [-0.15, -0.1) is 0 Å². The minimum Gasteiger partial charge on any atom is -0.302 e. The van der Waals surface area contributed by atoms with Crippen LogP contribution in [0.1, 0.15) is 44.7 Å². The number of rotatable bonds is 5. The van der Waals surface area contributed by atoms with Gasteiger partial charge in [-0.25, -0.2) is 4.98 Å². The zero-order valence-corrected chi connectivity index (χ0v) is 13.4. The third-order valence-electron chi connectivity index (χ3n) is 3.96. The van der Waals surface area contributed by atoms with E-state index in [4.69, 9.17) is 0 Å². The van der Waals surface area contributed by atoms with E-state index in [2.05, 4.69) is 28.3 Å². The summed E-state index contributed by atoms with van der Waals surface area (Å²) in [5.74, 6) is 0. The fraction of sp³-hybridized carbons (Fsp3) is 0.667. The molecule has 0 saturated heterocycles. The normalized spacial score (nSPS) is 25.5. The number of nitriles is 1. The number of aromatic nitrogens is 2. The number of hydrogen-bond donors (Lipinski definition) is 2. The standard InChI is InChI=1S/C15H22N4OS/c1-3-5-11-8-13(20)19-14(18-11)21-12-6-4-7-15(9-12,10-16)17-2/h8,12,17H,3-7,9H2,1-2H3,(H,18,19,20). The monoisotopic (exact) mass is 306 g/mol. The van der Waals surface area contributed by atoms with E-state index in [-0.39, 0.29) is 5.56 Å². The molecule has 1 fully saturated rings. The molecule has 6 heteroatoms. The Kier molecular flexibility index (Phi) is 5.43. The quantitative estimate of drug-likeness (QED) is 0.815. The lowest BCUT2D eigenvalue weighted by Crippen LogP contribution is -2.46. The average Bonchev–Trinajstić information content (AvgIpc) is 2.47. The Bertz CT molecular complexity index is 580. The first-order valence-electron chi connectivity index (χ1n) is 7.48. The van der Waals surface area contributed by atoms with Crippen molar-refractivity contribution in [1.29, 1.82) is 5.26 Å². The lowest BCUT2D eigenvalue weighted by molar-refractivity contribution is 0.323. The lowest BCUT2D eigenvalue weighted by atomic mass is 9.83. The van der Waals surface area contributed by atoms with Crippen molar-refractivity contribution in [3.63, 3.8) is 0 Å². The van der Waals surface area contributed by atoms with Crippen molar-refractivity contribution in [2.45, 2.75) is 61.4 Å². The van der Waals surface area contributed by atoms with Crippen LogP contribution in [-0.4, -0.2) is 27.8 Å². The van der Waals surface area contributed by atoms with Gasteiger partial charge in [0.05, 0.1) is 6.07 Å². The Morgan fingerprint density at radius 1 is 1.67 bits per heavy atom. The summed E-state index contributed by atoms with van der Waals surface area (Å²) in [6.45, 7) is 2.07. The van der Waals surface area contributed by atoms with Crippen LogP contribution in [0.15, 0.2) is 16.0 Å². The molecule has 1 aliphatic rings. The van der Waals surface area contributed by atoms with E-state index in [1.807, 2.05) is 7.05 Å². The molecule has 1 aromatic rings. The highest BCUT2D eigenvalue weighted by atomic mass is 32.2. The maximum atomic E-state index is 11.7. The van der Waals surface area contributed by atoms with E-state index in [1.54, 1.807) is 17.8 Å². The fourth-order valence-electron chi connectivity index (χ4n) is 2.79. The molecular formula is C15H22N4OS. The third-order valence-corrected chi connectivity index (χ3v) is 5.11. The van der Waals surface area contributed by atoms with E-state index < -0.39 is 5.54 Å². The van der Waals surface area contributed by atoms with Gasteiger partial charge in [-0.1, -0.05) is 25.1 Å². The Morgan fingerprint density at radius 2 is 2.48 bits per heavy atom. The lowest BCUT2D eigenvalue weighted by Gasteiger charge is -2.34. The number of hydrogen-bond acceptors (Lipinski definition) is 5. The second-order valence-corrected chi connectivity index (χ2v) is 6.86. The number of nitrogens with one attached hydrogen (secondary N) is 2. The van der Waals surface area contributed by atoms with Gasteiger partial charge in [0.15, 0.2) is 5.16 Å². The van der Waals surface area contributed by atoms with Crippen LogP contribution in [0.2, 0.25) is 0 Å². The van der Waals surface area contributed by atoms with Gasteiger partial charge < -0.3 is 10.3 Å². The minimum atomic E-state index is -0.433. The summed E-state index contributed by atoms with van der Waals surface area (Å²) >= 11 is 1.59. The van der Waals surface area contributed by atoms with E-state index in [1.165, 1.54) is 0 Å². The fourth-order valence-corrected chi connectivity index (χ4v) is 4.09. The van der Waals surface area contributed by atoms with Gasteiger partial charge in [0.2, 0.25) is 0 Å². The van der Waals surface area contributed by atoms with Crippen LogP contribution < -0.4 is 10.9 Å². The van der Waals surface area contributed by atoms with Crippen LogP contribution in [0.5, 0.6) is 0 Å². The molecule has 21 heavy (non-hydrogen) atoms. The predicted octanol–water partition coefficient (Wildman–Crippen LogP) is 2.24. The van der Waals surface area contributed by atoms with Crippen LogP contribution in [0.3, 0.4) is 0 Å². The summed E-state index contributed by atoms with van der Waals surface area (Å²) in [7, 11) is 1.85. The highest BCUT2D eigenvalue weighted by Crippen LogP contribution is 2.36. The largest absolute Gasteiger partial charge is 0.302 e. The van der Waals surface area contributed by atoms with Gasteiger partial charge >= 0.3 is 0 Å². The Morgan fingerprint density at radius 3 is 3.14 bits per heavy atom. The molecular weight excluding hydrogens is 284 g/mol. The molecule has 114 valence electrons. The van der Waals surface area contributed by atoms with Crippen LogP contribution in [0.25, 0.3) is 0 Å². The van der Waals surface area contributed by atoms with Crippen molar-refractivity contribution in [2.75, 3.05) is 7.05 Å². The maximum Gasteiger partial charge on any atom is 0.251 e. The summed E-state index contributed by atoms with van der Waals surface area (Å²) in [6, 6.07) is 3.98. The third kappa shape index (κ3) is 4.08. The first-order valence-corrected chi connectivity index (χ1v) is 8.36. The molecule has 1 aromatic heterocycles. The summed E-state index contributed by atoms with van der Waals surface area (Å²) in [5, 5.41) is 13.5.